The van der Waals surface area contributed by atoms with Gasteiger partial charge < -0.3 is 10.8 Å². The van der Waals surface area contributed by atoms with Gasteiger partial charge in [0.25, 0.3) is 0 Å². The van der Waals surface area contributed by atoms with Gasteiger partial charge in [0.1, 0.15) is 5.52 Å². The number of nitrogens with zero attached hydrogens (tertiary/aromatic N) is 2. The highest BCUT2D eigenvalue weighted by Gasteiger charge is 2.06. The van der Waals surface area contributed by atoms with Gasteiger partial charge in [-0.3, -0.25) is 4.98 Å². The minimum Gasteiger partial charge on any atom is -0.392 e. The van der Waals surface area contributed by atoms with Crippen molar-refractivity contribution in [2.24, 2.45) is 0 Å². The summed E-state index contributed by atoms with van der Waals surface area (Å²) in [5, 5.41) is 11.1. The third-order valence-electron chi connectivity index (χ3n) is 2.83. The van der Waals surface area contributed by atoms with Gasteiger partial charge in [0.2, 0.25) is 0 Å². The molecule has 0 atom stereocenters. The van der Waals surface area contributed by atoms with E-state index in [4.69, 9.17) is 10.8 Å². The normalized spacial score (nSPS) is 11.1. The molecule has 0 bridgehead atoms. The lowest BCUT2D eigenvalue weighted by molar-refractivity contribution is 0.282. The molecule has 0 aliphatic carbocycles. The van der Waals surface area contributed by atoms with Gasteiger partial charge in [0.15, 0.2) is 5.82 Å². The molecule has 0 aliphatic rings. The highest BCUT2D eigenvalue weighted by Crippen LogP contribution is 2.26. The van der Waals surface area contributed by atoms with Crippen LogP contribution in [0.25, 0.3) is 21.8 Å². The molecule has 0 unspecified atom stereocenters. The Hall–Kier alpha value is -2.20. The second-order valence-corrected chi connectivity index (χ2v) is 3.91. The van der Waals surface area contributed by atoms with Gasteiger partial charge >= 0.3 is 0 Å². The quantitative estimate of drug-likeness (QED) is 0.620. The summed E-state index contributed by atoms with van der Waals surface area (Å²) in [7, 11) is 0. The highest BCUT2D eigenvalue weighted by molar-refractivity contribution is 6.07. The third kappa shape index (κ3) is 1.50. The topological polar surface area (TPSA) is 72.0 Å². The summed E-state index contributed by atoms with van der Waals surface area (Å²) in [5.41, 5.74) is 8.21. The van der Waals surface area contributed by atoms with Gasteiger partial charge in [0.05, 0.1) is 12.1 Å². The minimum absolute atomic E-state index is 0.00258. The van der Waals surface area contributed by atoms with Crippen molar-refractivity contribution in [3.63, 3.8) is 0 Å². The van der Waals surface area contributed by atoms with Crippen LogP contribution in [-0.2, 0) is 6.61 Å². The summed E-state index contributed by atoms with van der Waals surface area (Å²) < 4.78 is 0. The van der Waals surface area contributed by atoms with Crippen molar-refractivity contribution in [3.05, 3.63) is 42.1 Å². The molecule has 3 N–H and O–H groups in total. The van der Waals surface area contributed by atoms with Gasteiger partial charge in [-0.05, 0) is 17.7 Å². The fourth-order valence-corrected chi connectivity index (χ4v) is 2.01. The molecular weight excluding hydrogens is 214 g/mol. The summed E-state index contributed by atoms with van der Waals surface area (Å²) in [4.78, 5) is 8.55. The minimum atomic E-state index is 0.00258. The Morgan fingerprint density at radius 3 is 2.88 bits per heavy atom. The molecule has 17 heavy (non-hydrogen) atoms. The lowest BCUT2D eigenvalue weighted by Crippen LogP contribution is -1.95. The van der Waals surface area contributed by atoms with Crippen LogP contribution >= 0.6 is 0 Å². The third-order valence-corrected chi connectivity index (χ3v) is 2.83. The Balaban J connectivity index is 2.48. The van der Waals surface area contributed by atoms with Crippen LogP contribution in [0.1, 0.15) is 5.56 Å². The Labute approximate surface area is 97.7 Å². The first kappa shape index (κ1) is 9.99. The van der Waals surface area contributed by atoms with E-state index in [-0.39, 0.29) is 6.61 Å². The van der Waals surface area contributed by atoms with Crippen molar-refractivity contribution in [2.45, 2.75) is 6.61 Å². The molecule has 0 fully saturated rings. The number of pyridine rings is 2. The SMILES string of the molecule is Nc1nc2cc(CO)ccc2c2cccnc12. The number of nitrogen functional groups attached to an aromatic ring is 1. The molecule has 0 radical (unpaired) electrons. The average molecular weight is 225 g/mol. The smallest absolute Gasteiger partial charge is 0.150 e. The molecule has 3 rings (SSSR count). The number of nitrogens with two attached hydrogens (primary N) is 1. The molecule has 3 aromatic rings. The number of rotatable bonds is 1. The van der Waals surface area contributed by atoms with Crippen molar-refractivity contribution in [1.29, 1.82) is 0 Å². The monoisotopic (exact) mass is 225 g/mol. The van der Waals surface area contributed by atoms with E-state index in [9.17, 15) is 0 Å². The highest BCUT2D eigenvalue weighted by atomic mass is 16.3. The van der Waals surface area contributed by atoms with Crippen LogP contribution in [0.15, 0.2) is 36.5 Å². The zero-order valence-corrected chi connectivity index (χ0v) is 9.09. The number of aromatic nitrogens is 2. The summed E-state index contributed by atoms with van der Waals surface area (Å²) in [6, 6.07) is 9.52. The van der Waals surface area contributed by atoms with E-state index >= 15 is 0 Å². The second-order valence-electron chi connectivity index (χ2n) is 3.91. The summed E-state index contributed by atoms with van der Waals surface area (Å²) in [6.45, 7) is 0.00258. The van der Waals surface area contributed by atoms with Gasteiger partial charge in [-0.2, -0.15) is 0 Å². The number of hydrogen-bond acceptors (Lipinski definition) is 4. The van der Waals surface area contributed by atoms with Crippen LogP contribution in [0.2, 0.25) is 0 Å². The molecule has 84 valence electrons. The number of fused-ring (bicyclic) bond motifs is 3. The van der Waals surface area contributed by atoms with Crippen molar-refractivity contribution in [3.8, 4) is 0 Å². The summed E-state index contributed by atoms with van der Waals surface area (Å²) in [5.74, 6) is 0.420. The Morgan fingerprint density at radius 2 is 2.06 bits per heavy atom. The Bertz CT molecular complexity index is 709. The van der Waals surface area contributed by atoms with E-state index in [0.29, 0.717) is 5.82 Å². The maximum absolute atomic E-state index is 9.11. The van der Waals surface area contributed by atoms with Gasteiger partial charge in [0, 0.05) is 17.0 Å². The van der Waals surface area contributed by atoms with E-state index in [2.05, 4.69) is 9.97 Å². The van der Waals surface area contributed by atoms with E-state index < -0.39 is 0 Å². The van der Waals surface area contributed by atoms with Crippen LogP contribution in [0.3, 0.4) is 0 Å². The van der Waals surface area contributed by atoms with Crippen LogP contribution in [0, 0.1) is 0 Å². The van der Waals surface area contributed by atoms with Crippen LogP contribution < -0.4 is 5.73 Å². The zero-order chi connectivity index (χ0) is 11.8. The van der Waals surface area contributed by atoms with Crippen LogP contribution in [0.4, 0.5) is 5.82 Å². The first-order chi connectivity index (χ1) is 8.29. The fourth-order valence-electron chi connectivity index (χ4n) is 2.01. The zero-order valence-electron chi connectivity index (χ0n) is 9.09. The summed E-state index contributed by atoms with van der Waals surface area (Å²) >= 11 is 0. The van der Waals surface area contributed by atoms with Gasteiger partial charge in [-0.25, -0.2) is 4.98 Å². The van der Waals surface area contributed by atoms with Crippen molar-refractivity contribution in [2.75, 3.05) is 5.73 Å². The number of aliphatic hydroxyl groups is 1. The fraction of sp³-hybridized carbons (Fsp3) is 0.0769. The standard InChI is InChI=1S/C13H11N3O/c14-13-12-10(2-1-5-15-12)9-4-3-8(7-17)6-11(9)16-13/h1-6,17H,7H2,(H2,14,16). The maximum Gasteiger partial charge on any atom is 0.150 e. The van der Waals surface area contributed by atoms with Gasteiger partial charge in [-0.1, -0.05) is 18.2 Å². The summed E-state index contributed by atoms with van der Waals surface area (Å²) in [6.07, 6.45) is 1.70. The van der Waals surface area contributed by atoms with E-state index in [0.717, 1.165) is 27.4 Å². The van der Waals surface area contributed by atoms with Crippen LogP contribution in [-0.4, -0.2) is 15.1 Å². The number of anilines is 1. The first-order valence-corrected chi connectivity index (χ1v) is 5.33. The molecule has 2 heterocycles. The molecule has 0 saturated heterocycles. The average Bonchev–Trinajstić information content (AvgIpc) is 2.38. The molecule has 0 spiro atoms. The first-order valence-electron chi connectivity index (χ1n) is 5.33. The maximum atomic E-state index is 9.11. The number of benzene rings is 1. The van der Waals surface area contributed by atoms with Crippen LogP contribution in [0.5, 0.6) is 0 Å². The largest absolute Gasteiger partial charge is 0.392 e. The molecule has 0 saturated carbocycles. The van der Waals surface area contributed by atoms with E-state index in [1.807, 2.05) is 30.3 Å². The van der Waals surface area contributed by atoms with Crippen molar-refractivity contribution < 1.29 is 5.11 Å². The lowest BCUT2D eigenvalue weighted by Gasteiger charge is -2.06. The number of hydrogen-bond donors (Lipinski definition) is 2. The van der Waals surface area contributed by atoms with E-state index in [1.54, 1.807) is 6.20 Å². The molecule has 4 heteroatoms. The van der Waals surface area contributed by atoms with Gasteiger partial charge in [-0.15, -0.1) is 0 Å². The second kappa shape index (κ2) is 3.68. The predicted molar refractivity (Wildman–Crippen MR) is 67.4 cm³/mol. The molecule has 1 aromatic carbocycles. The van der Waals surface area contributed by atoms with Crippen molar-refractivity contribution >= 4 is 27.6 Å². The number of aliphatic hydroxyl groups excluding tert-OH is 1. The molecule has 0 amide bonds. The molecule has 0 aliphatic heterocycles. The molecule has 4 nitrogen and oxygen atoms in total. The lowest BCUT2D eigenvalue weighted by atomic mass is 10.1. The Morgan fingerprint density at radius 1 is 1.18 bits per heavy atom. The Kier molecular flexibility index (Phi) is 2.16. The molecular formula is C13H11N3O. The predicted octanol–water partition coefficient (Wildman–Crippen LogP) is 1.86. The van der Waals surface area contributed by atoms with E-state index in [1.165, 1.54) is 0 Å². The van der Waals surface area contributed by atoms with Crippen molar-refractivity contribution in [1.82, 2.24) is 9.97 Å². The molecule has 2 aromatic heterocycles.